The summed E-state index contributed by atoms with van der Waals surface area (Å²) in [4.78, 5) is 12.2. The second-order valence-corrected chi connectivity index (χ2v) is 9.55. The molecule has 0 aliphatic heterocycles. The first kappa shape index (κ1) is 21.5. The molecule has 4 aliphatic rings. The lowest BCUT2D eigenvalue weighted by Crippen LogP contribution is -2.77. The summed E-state index contributed by atoms with van der Waals surface area (Å²) in [6, 6.07) is 6.79. The fourth-order valence-corrected chi connectivity index (χ4v) is 5.18. The fourth-order valence-electron chi connectivity index (χ4n) is 5.06. The minimum Gasteiger partial charge on any atom is -0.484 e. The lowest BCUT2D eigenvalue weighted by atomic mass is 9.39. The summed E-state index contributed by atoms with van der Waals surface area (Å²) < 4.78 is 51.6. The Morgan fingerprint density at radius 3 is 2.53 bits per heavy atom. The zero-order valence-corrected chi connectivity index (χ0v) is 17.7. The number of benzene rings is 1. The van der Waals surface area contributed by atoms with E-state index in [0.29, 0.717) is 35.4 Å². The predicted octanol–water partition coefficient (Wildman–Crippen LogP) is 4.12. The van der Waals surface area contributed by atoms with Crippen LogP contribution in [0.25, 0.3) is 0 Å². The van der Waals surface area contributed by atoms with E-state index >= 15 is 0 Å². The van der Waals surface area contributed by atoms with Crippen LogP contribution in [0.1, 0.15) is 49.8 Å². The summed E-state index contributed by atoms with van der Waals surface area (Å²) in [5, 5.41) is 11.9. The van der Waals surface area contributed by atoms with Gasteiger partial charge in [0.25, 0.3) is 5.91 Å². The van der Waals surface area contributed by atoms with Gasteiger partial charge in [-0.05, 0) is 62.3 Å². The molecular weight excluding hydrogens is 451 g/mol. The van der Waals surface area contributed by atoms with Gasteiger partial charge < -0.3 is 14.5 Å². The number of aromatic nitrogens is 2. The molecule has 7 nitrogen and oxygen atoms in total. The quantitative estimate of drug-likeness (QED) is 0.623. The summed E-state index contributed by atoms with van der Waals surface area (Å²) in [6.07, 6.45) is -1.35. The van der Waals surface area contributed by atoms with Crippen molar-refractivity contribution in [2.24, 2.45) is 5.92 Å². The molecule has 0 saturated heterocycles. The molecule has 6 rings (SSSR count). The second-order valence-electron chi connectivity index (χ2n) is 9.12. The third kappa shape index (κ3) is 4.17. The van der Waals surface area contributed by atoms with Crippen molar-refractivity contribution in [2.45, 2.75) is 55.3 Å². The zero-order valence-electron chi connectivity index (χ0n) is 17.0. The minimum absolute atomic E-state index is 0.0240. The molecule has 1 amide bonds. The number of carbonyl (C=O) groups is 1. The number of halogens is 4. The van der Waals surface area contributed by atoms with Crippen molar-refractivity contribution in [2.75, 3.05) is 13.2 Å². The highest BCUT2D eigenvalue weighted by Gasteiger charge is 2.71. The number of nitrogens with one attached hydrogen (secondary N) is 1. The van der Waals surface area contributed by atoms with E-state index < -0.39 is 6.36 Å². The summed E-state index contributed by atoms with van der Waals surface area (Å²) in [5.41, 5.74) is -0.469. The molecule has 4 saturated carbocycles. The van der Waals surface area contributed by atoms with Crippen molar-refractivity contribution in [1.82, 2.24) is 15.5 Å². The maximum Gasteiger partial charge on any atom is 0.522 e. The Labute approximate surface area is 186 Å². The Balaban J connectivity index is 1.06. The van der Waals surface area contributed by atoms with Gasteiger partial charge in [0.05, 0.1) is 12.0 Å². The Kier molecular flexibility index (Phi) is 5.12. The lowest BCUT2D eigenvalue weighted by molar-refractivity contribution is -0.330. The number of ether oxygens (including phenoxy) is 2. The minimum atomic E-state index is -4.60. The van der Waals surface area contributed by atoms with Gasteiger partial charge in [-0.1, -0.05) is 11.6 Å². The number of nitrogens with zero attached hydrogens (tertiary/aromatic N) is 2. The normalized spacial score (nSPS) is 30.6. The van der Waals surface area contributed by atoms with Crippen molar-refractivity contribution < 1.29 is 31.9 Å². The average Bonchev–Trinajstić information content (AvgIpc) is 3.10. The number of rotatable bonds is 8. The number of amides is 1. The van der Waals surface area contributed by atoms with Crippen LogP contribution in [-0.4, -0.2) is 41.2 Å². The molecule has 172 valence electrons. The van der Waals surface area contributed by atoms with E-state index in [1.807, 2.05) is 0 Å². The Bertz CT molecular complexity index is 985. The molecule has 1 N–H and O–H groups in total. The number of alkyl halides is 3. The summed E-state index contributed by atoms with van der Waals surface area (Å²) in [7, 11) is 0. The first-order valence-corrected chi connectivity index (χ1v) is 10.8. The highest BCUT2D eigenvalue weighted by molar-refractivity contribution is 6.30. The van der Waals surface area contributed by atoms with Gasteiger partial charge >= 0.3 is 6.36 Å². The van der Waals surface area contributed by atoms with Crippen LogP contribution in [-0.2, 0) is 14.9 Å². The van der Waals surface area contributed by atoms with Crippen LogP contribution in [0, 0.1) is 5.92 Å². The summed E-state index contributed by atoms with van der Waals surface area (Å²) in [5.74, 6) is 1.23. The van der Waals surface area contributed by atoms with Gasteiger partial charge in [0.15, 0.2) is 6.61 Å². The second kappa shape index (κ2) is 7.62. The van der Waals surface area contributed by atoms with Gasteiger partial charge in [-0.2, -0.15) is 0 Å². The standard InChI is InChI=1S/C21H21ClF3N3O4/c22-14-1-3-15(4-2-14)30-8-16(29)26-20-9-19(10-20,11-20)18-28-27-17(32-18)13-5-12(6-13)7-31-21(23,24)25/h1-4,12-13H,5-11H2,(H,26,29)/t12-,13+,19?,20?. The van der Waals surface area contributed by atoms with Gasteiger partial charge in [0, 0.05) is 16.5 Å². The first-order valence-electron chi connectivity index (χ1n) is 10.4. The van der Waals surface area contributed by atoms with Crippen LogP contribution in [0.2, 0.25) is 5.02 Å². The van der Waals surface area contributed by atoms with E-state index in [1.54, 1.807) is 24.3 Å². The van der Waals surface area contributed by atoms with Crippen molar-refractivity contribution >= 4 is 17.5 Å². The third-order valence-corrected chi connectivity index (χ3v) is 6.83. The van der Waals surface area contributed by atoms with E-state index in [2.05, 4.69) is 20.3 Å². The lowest BCUT2D eigenvalue weighted by Gasteiger charge is -2.68. The Morgan fingerprint density at radius 1 is 1.19 bits per heavy atom. The molecule has 0 unspecified atom stereocenters. The van der Waals surface area contributed by atoms with Gasteiger partial charge in [-0.15, -0.1) is 23.4 Å². The molecule has 0 atom stereocenters. The maximum atomic E-state index is 12.2. The summed E-state index contributed by atoms with van der Waals surface area (Å²) in [6.45, 7) is -0.420. The number of hydrogen-bond acceptors (Lipinski definition) is 6. The highest BCUT2D eigenvalue weighted by Crippen LogP contribution is 2.67. The van der Waals surface area contributed by atoms with Crippen molar-refractivity contribution in [1.29, 1.82) is 0 Å². The molecule has 0 radical (unpaired) electrons. The first-order chi connectivity index (χ1) is 15.1. The molecule has 2 aromatic rings. The van der Waals surface area contributed by atoms with Crippen LogP contribution in [0.15, 0.2) is 28.7 Å². The van der Waals surface area contributed by atoms with Crippen LogP contribution in [0.5, 0.6) is 5.75 Å². The molecular formula is C21H21ClF3N3O4. The van der Waals surface area contributed by atoms with Crippen molar-refractivity contribution in [3.05, 3.63) is 41.1 Å². The molecule has 2 bridgehead atoms. The van der Waals surface area contributed by atoms with Crippen LogP contribution >= 0.6 is 11.6 Å². The Morgan fingerprint density at radius 2 is 1.88 bits per heavy atom. The van der Waals surface area contributed by atoms with E-state index in [-0.39, 0.29) is 41.9 Å². The zero-order chi connectivity index (χ0) is 22.6. The average molecular weight is 472 g/mol. The monoisotopic (exact) mass is 471 g/mol. The number of hydrogen-bond donors (Lipinski definition) is 1. The predicted molar refractivity (Wildman–Crippen MR) is 105 cm³/mol. The maximum absolute atomic E-state index is 12.2. The third-order valence-electron chi connectivity index (χ3n) is 6.58. The molecule has 11 heteroatoms. The molecule has 1 aromatic heterocycles. The molecule has 1 aromatic carbocycles. The van der Waals surface area contributed by atoms with E-state index in [4.69, 9.17) is 20.8 Å². The number of carbonyl (C=O) groups excluding carboxylic acids is 1. The van der Waals surface area contributed by atoms with Gasteiger partial charge in [0.2, 0.25) is 11.8 Å². The highest BCUT2D eigenvalue weighted by atomic mass is 35.5. The topological polar surface area (TPSA) is 86.5 Å². The molecule has 32 heavy (non-hydrogen) atoms. The molecule has 1 heterocycles. The van der Waals surface area contributed by atoms with Crippen LogP contribution < -0.4 is 10.1 Å². The van der Waals surface area contributed by atoms with Gasteiger partial charge in [-0.25, -0.2) is 0 Å². The fraction of sp³-hybridized carbons (Fsp3) is 0.571. The van der Waals surface area contributed by atoms with Crippen LogP contribution in [0.4, 0.5) is 13.2 Å². The van der Waals surface area contributed by atoms with Gasteiger partial charge in [0.1, 0.15) is 5.75 Å². The Hall–Kier alpha value is -2.33. The SMILES string of the molecule is O=C(COc1ccc(Cl)cc1)NC12CC(c3nnc([C@H]4C[C@@H](COC(F)(F)F)C4)o3)(C1)C2. The van der Waals surface area contributed by atoms with Crippen molar-refractivity contribution in [3.8, 4) is 5.75 Å². The van der Waals surface area contributed by atoms with E-state index in [9.17, 15) is 18.0 Å². The van der Waals surface area contributed by atoms with Crippen molar-refractivity contribution in [3.63, 3.8) is 0 Å². The van der Waals surface area contributed by atoms with Crippen LogP contribution in [0.3, 0.4) is 0 Å². The molecule has 4 fully saturated rings. The largest absolute Gasteiger partial charge is 0.522 e. The van der Waals surface area contributed by atoms with Gasteiger partial charge in [-0.3, -0.25) is 9.53 Å². The molecule has 4 aliphatic carbocycles. The van der Waals surface area contributed by atoms with E-state index in [0.717, 1.165) is 19.3 Å². The summed E-state index contributed by atoms with van der Waals surface area (Å²) >= 11 is 5.83. The van der Waals surface area contributed by atoms with E-state index in [1.165, 1.54) is 0 Å². The molecule has 0 spiro atoms. The smallest absolute Gasteiger partial charge is 0.484 e.